The summed E-state index contributed by atoms with van der Waals surface area (Å²) in [5, 5.41) is 8.01. The van der Waals surface area contributed by atoms with Crippen LogP contribution in [0.5, 0.6) is 0 Å². The van der Waals surface area contributed by atoms with E-state index in [2.05, 4.69) is 10.2 Å². The molecule has 1 aliphatic rings. The van der Waals surface area contributed by atoms with Crippen molar-refractivity contribution in [2.24, 2.45) is 10.2 Å². The molecule has 0 bridgehead atoms. The van der Waals surface area contributed by atoms with Crippen LogP contribution in [-0.2, 0) is 4.74 Å². The van der Waals surface area contributed by atoms with E-state index in [1.165, 1.54) is 0 Å². The van der Waals surface area contributed by atoms with Gasteiger partial charge in [-0.3, -0.25) is 0 Å². The van der Waals surface area contributed by atoms with Crippen molar-refractivity contribution in [1.82, 2.24) is 0 Å². The van der Waals surface area contributed by atoms with E-state index >= 15 is 0 Å². The predicted molar refractivity (Wildman–Crippen MR) is 66.8 cm³/mol. The van der Waals surface area contributed by atoms with Gasteiger partial charge < -0.3 is 4.74 Å². The molecule has 5 nitrogen and oxygen atoms in total. The molecule has 19 heavy (non-hydrogen) atoms. The van der Waals surface area contributed by atoms with Crippen LogP contribution in [0.2, 0.25) is 0 Å². The summed E-state index contributed by atoms with van der Waals surface area (Å²) in [7, 11) is 0. The molecule has 0 aliphatic carbocycles. The van der Waals surface area contributed by atoms with Gasteiger partial charge in [0.05, 0.1) is 11.1 Å². The van der Waals surface area contributed by atoms with E-state index in [1.807, 2.05) is 0 Å². The van der Waals surface area contributed by atoms with E-state index in [4.69, 9.17) is 4.74 Å². The first-order valence-corrected chi connectivity index (χ1v) is 5.62. The first-order valence-electron chi connectivity index (χ1n) is 5.62. The van der Waals surface area contributed by atoms with Crippen LogP contribution in [-0.4, -0.2) is 11.9 Å². The fraction of sp³-hybridized carbons (Fsp3) is 0. The summed E-state index contributed by atoms with van der Waals surface area (Å²) in [5.74, 6) is -1.45. The second-order valence-corrected chi connectivity index (χ2v) is 3.91. The van der Waals surface area contributed by atoms with Crippen molar-refractivity contribution in [3.63, 3.8) is 0 Å². The maximum Gasteiger partial charge on any atom is 0.348 e. The van der Waals surface area contributed by atoms with Gasteiger partial charge in [-0.1, -0.05) is 24.3 Å². The molecule has 0 N–H and O–H groups in total. The van der Waals surface area contributed by atoms with Gasteiger partial charge in [0.1, 0.15) is 11.4 Å². The van der Waals surface area contributed by atoms with Crippen LogP contribution >= 0.6 is 0 Å². The van der Waals surface area contributed by atoms with Crippen molar-refractivity contribution in [3.05, 3.63) is 59.7 Å². The smallest absolute Gasteiger partial charge is 0.348 e. The predicted octanol–water partition coefficient (Wildman–Crippen LogP) is 3.41. The minimum absolute atomic E-state index is 0.215. The molecular weight excluding hydrogens is 244 g/mol. The number of carbonyl (C=O) groups is 2. The first kappa shape index (κ1) is 11.3. The number of nitrogens with zero attached hydrogens (tertiary/aromatic N) is 2. The Morgan fingerprint density at radius 1 is 0.684 bits per heavy atom. The van der Waals surface area contributed by atoms with Crippen molar-refractivity contribution in [3.8, 4) is 0 Å². The maximum absolute atomic E-state index is 11.9. The Balaban J connectivity index is 2.20. The lowest BCUT2D eigenvalue weighted by atomic mass is 10.2. The number of esters is 2. The number of hydrogen-bond acceptors (Lipinski definition) is 5. The van der Waals surface area contributed by atoms with Crippen LogP contribution in [0, 0.1) is 0 Å². The van der Waals surface area contributed by atoms with Gasteiger partial charge in [0.2, 0.25) is 0 Å². The largest absolute Gasteiger partial charge is 0.386 e. The van der Waals surface area contributed by atoms with Crippen LogP contribution in [0.3, 0.4) is 0 Å². The van der Waals surface area contributed by atoms with Crippen LogP contribution < -0.4 is 0 Å². The molecule has 0 saturated carbocycles. The molecule has 1 aliphatic heterocycles. The fourth-order valence-electron chi connectivity index (χ4n) is 1.77. The minimum Gasteiger partial charge on any atom is -0.386 e. The summed E-state index contributed by atoms with van der Waals surface area (Å²) in [6.45, 7) is 0. The third kappa shape index (κ3) is 2.01. The van der Waals surface area contributed by atoms with Gasteiger partial charge >= 0.3 is 11.9 Å². The Hall–Kier alpha value is -2.82. The molecule has 2 aromatic carbocycles. The zero-order chi connectivity index (χ0) is 13.2. The molecule has 0 fully saturated rings. The molecule has 3 rings (SSSR count). The summed E-state index contributed by atoms with van der Waals surface area (Å²) >= 11 is 0. The van der Waals surface area contributed by atoms with Crippen LogP contribution in [0.1, 0.15) is 20.7 Å². The lowest BCUT2D eigenvalue weighted by Gasteiger charge is -2.03. The van der Waals surface area contributed by atoms with Crippen LogP contribution in [0.15, 0.2) is 58.8 Å². The van der Waals surface area contributed by atoms with Crippen molar-refractivity contribution < 1.29 is 14.3 Å². The highest BCUT2D eigenvalue weighted by atomic mass is 16.6. The number of cyclic esters (lactones) is 2. The summed E-state index contributed by atoms with van der Waals surface area (Å²) in [6.07, 6.45) is 0. The molecule has 0 aromatic heterocycles. The number of carbonyl (C=O) groups excluding carboxylic acids is 2. The molecule has 0 amide bonds. The summed E-state index contributed by atoms with van der Waals surface area (Å²) in [4.78, 5) is 23.8. The minimum atomic E-state index is -0.726. The number of fused-ring (bicyclic) bond motifs is 2. The second kappa shape index (κ2) is 4.45. The molecule has 92 valence electrons. The number of benzene rings is 2. The second-order valence-electron chi connectivity index (χ2n) is 3.91. The summed E-state index contributed by atoms with van der Waals surface area (Å²) in [6, 6.07) is 13.2. The average Bonchev–Trinajstić information content (AvgIpc) is 2.49. The quantitative estimate of drug-likeness (QED) is 0.533. The standard InChI is InChI=1S/C14H8N2O3/c17-13-9-5-1-3-7-11(9)15-16-12-8-4-2-6-10(12)14(18)19-13/h1-8H. The number of rotatable bonds is 0. The molecular formula is C14H8N2O3. The van der Waals surface area contributed by atoms with E-state index < -0.39 is 11.9 Å². The summed E-state index contributed by atoms with van der Waals surface area (Å²) < 4.78 is 4.83. The Bertz CT molecular complexity index is 648. The van der Waals surface area contributed by atoms with Crippen LogP contribution in [0.4, 0.5) is 11.4 Å². The van der Waals surface area contributed by atoms with Gasteiger partial charge in [-0.05, 0) is 24.3 Å². The highest BCUT2D eigenvalue weighted by Crippen LogP contribution is 2.28. The number of azo groups is 1. The van der Waals surface area contributed by atoms with Gasteiger partial charge in [0.15, 0.2) is 0 Å². The molecule has 0 spiro atoms. The van der Waals surface area contributed by atoms with Crippen molar-refractivity contribution >= 4 is 23.3 Å². The topological polar surface area (TPSA) is 68.1 Å². The monoisotopic (exact) mass is 252 g/mol. The van der Waals surface area contributed by atoms with E-state index in [-0.39, 0.29) is 11.1 Å². The van der Waals surface area contributed by atoms with Gasteiger partial charge in [-0.15, -0.1) is 10.2 Å². The maximum atomic E-state index is 11.9. The number of hydrogen-bond donors (Lipinski definition) is 0. The van der Waals surface area contributed by atoms with Crippen molar-refractivity contribution in [2.75, 3.05) is 0 Å². The molecule has 2 aromatic rings. The zero-order valence-corrected chi connectivity index (χ0v) is 9.74. The Morgan fingerprint density at radius 2 is 1.11 bits per heavy atom. The Labute approximate surface area is 108 Å². The van der Waals surface area contributed by atoms with Crippen molar-refractivity contribution in [1.29, 1.82) is 0 Å². The first-order chi connectivity index (χ1) is 9.25. The highest BCUT2D eigenvalue weighted by Gasteiger charge is 2.21. The third-order valence-corrected chi connectivity index (χ3v) is 2.70. The Morgan fingerprint density at radius 3 is 1.58 bits per heavy atom. The molecule has 0 radical (unpaired) electrons. The van der Waals surface area contributed by atoms with E-state index in [1.54, 1.807) is 48.5 Å². The lowest BCUT2D eigenvalue weighted by Crippen LogP contribution is -2.12. The van der Waals surface area contributed by atoms with Gasteiger partial charge in [0.25, 0.3) is 0 Å². The molecule has 0 atom stereocenters. The van der Waals surface area contributed by atoms with Crippen molar-refractivity contribution in [2.45, 2.75) is 0 Å². The number of ether oxygens (including phenoxy) is 1. The molecule has 0 saturated heterocycles. The van der Waals surface area contributed by atoms with E-state index in [0.29, 0.717) is 11.4 Å². The normalized spacial score (nSPS) is 13.7. The summed E-state index contributed by atoms with van der Waals surface area (Å²) in [5.41, 5.74) is 1.17. The SMILES string of the molecule is O=C1OC(=O)c2ccccc2N=Nc2ccccc21. The van der Waals surface area contributed by atoms with E-state index in [0.717, 1.165) is 0 Å². The van der Waals surface area contributed by atoms with Gasteiger partial charge in [-0.25, -0.2) is 9.59 Å². The Kier molecular flexibility index (Phi) is 2.64. The molecule has 0 unspecified atom stereocenters. The fourth-order valence-corrected chi connectivity index (χ4v) is 1.77. The van der Waals surface area contributed by atoms with Crippen LogP contribution in [0.25, 0.3) is 0 Å². The van der Waals surface area contributed by atoms with E-state index in [9.17, 15) is 9.59 Å². The highest BCUT2D eigenvalue weighted by molar-refractivity contribution is 6.06. The third-order valence-electron chi connectivity index (χ3n) is 2.70. The molecule has 5 heteroatoms. The zero-order valence-electron chi connectivity index (χ0n) is 9.74. The lowest BCUT2D eigenvalue weighted by molar-refractivity contribution is 0.0399. The van der Waals surface area contributed by atoms with Gasteiger partial charge in [-0.2, -0.15) is 0 Å². The van der Waals surface area contributed by atoms with Gasteiger partial charge in [0, 0.05) is 0 Å². The average molecular weight is 252 g/mol. The molecule has 1 heterocycles.